The lowest BCUT2D eigenvalue weighted by Crippen LogP contribution is -2.13. The molecule has 1 fully saturated rings. The summed E-state index contributed by atoms with van der Waals surface area (Å²) in [5.41, 5.74) is 0. The van der Waals surface area contributed by atoms with Crippen LogP contribution in [-0.4, -0.2) is 18.0 Å². The Morgan fingerprint density at radius 1 is 1.33 bits per heavy atom. The van der Waals surface area contributed by atoms with E-state index in [9.17, 15) is 8.42 Å². The molecule has 1 aromatic rings. The molecule has 6 heteroatoms. The molecule has 0 spiro atoms. The van der Waals surface area contributed by atoms with Gasteiger partial charge in [0.1, 0.15) is 0 Å². The van der Waals surface area contributed by atoms with Crippen LogP contribution in [0.4, 0.5) is 0 Å². The maximum atomic E-state index is 11.0. The first-order valence-electron chi connectivity index (χ1n) is 5.13. The van der Waals surface area contributed by atoms with E-state index in [-0.39, 0.29) is 5.03 Å². The number of imidazole rings is 1. The summed E-state index contributed by atoms with van der Waals surface area (Å²) in [6.45, 7) is 0. The average Bonchev–Trinajstić information content (AvgIpc) is 2.67. The van der Waals surface area contributed by atoms with E-state index in [1.165, 1.54) is 25.5 Å². The molecular formula is C9H15N3O2S. The molecular weight excluding hydrogens is 214 g/mol. The van der Waals surface area contributed by atoms with Gasteiger partial charge in [-0.05, 0) is 12.8 Å². The van der Waals surface area contributed by atoms with Crippen molar-refractivity contribution in [3.8, 4) is 0 Å². The number of nitrogens with two attached hydrogens (primary N) is 1. The summed E-state index contributed by atoms with van der Waals surface area (Å²) in [7, 11) is -3.65. The molecule has 1 aliphatic carbocycles. The first-order chi connectivity index (χ1) is 7.07. The predicted octanol–water partition coefficient (Wildman–Crippen LogP) is 1.04. The first kappa shape index (κ1) is 10.6. The number of hydrogen-bond acceptors (Lipinski definition) is 3. The number of hydrogen-bond donors (Lipinski definition) is 1. The second-order valence-electron chi connectivity index (χ2n) is 4.00. The summed E-state index contributed by atoms with van der Waals surface area (Å²) in [6.07, 6.45) is 8.97. The van der Waals surface area contributed by atoms with Gasteiger partial charge in [-0.1, -0.05) is 19.3 Å². The molecule has 1 saturated carbocycles. The molecule has 2 rings (SSSR count). The van der Waals surface area contributed by atoms with Gasteiger partial charge in [-0.2, -0.15) is 0 Å². The van der Waals surface area contributed by atoms with E-state index in [0.717, 1.165) is 12.8 Å². The highest BCUT2D eigenvalue weighted by molar-refractivity contribution is 7.89. The van der Waals surface area contributed by atoms with Crippen LogP contribution in [-0.2, 0) is 10.0 Å². The lowest BCUT2D eigenvalue weighted by Gasteiger charge is -2.22. The van der Waals surface area contributed by atoms with Crippen LogP contribution in [0.3, 0.4) is 0 Å². The topological polar surface area (TPSA) is 78.0 Å². The maximum absolute atomic E-state index is 11.0. The van der Waals surface area contributed by atoms with Crippen molar-refractivity contribution in [2.75, 3.05) is 0 Å². The molecule has 0 bridgehead atoms. The summed E-state index contributed by atoms with van der Waals surface area (Å²) < 4.78 is 23.9. The molecule has 0 aliphatic heterocycles. The highest BCUT2D eigenvalue weighted by Crippen LogP contribution is 2.28. The maximum Gasteiger partial charge on any atom is 0.257 e. The Labute approximate surface area is 89.4 Å². The Bertz CT molecular complexity index is 432. The van der Waals surface area contributed by atoms with Crippen molar-refractivity contribution in [1.82, 2.24) is 9.55 Å². The minimum absolute atomic E-state index is 0.0342. The standard InChI is InChI=1S/C9H15N3O2S/c10-15(13,14)9-6-12(7-11-9)8-4-2-1-3-5-8/h6-8H,1-5H2,(H2,10,13,14). The fourth-order valence-corrected chi connectivity index (χ4v) is 2.51. The first-order valence-corrected chi connectivity index (χ1v) is 6.68. The zero-order chi connectivity index (χ0) is 10.9. The summed E-state index contributed by atoms with van der Waals surface area (Å²) in [6, 6.07) is 0.391. The molecule has 15 heavy (non-hydrogen) atoms. The lowest BCUT2D eigenvalue weighted by atomic mass is 9.95. The zero-order valence-corrected chi connectivity index (χ0v) is 9.28. The molecule has 0 unspecified atom stereocenters. The fourth-order valence-electron chi connectivity index (χ4n) is 2.04. The van der Waals surface area contributed by atoms with Crippen molar-refractivity contribution in [2.24, 2.45) is 5.14 Å². The van der Waals surface area contributed by atoms with Crippen LogP contribution in [0.15, 0.2) is 17.6 Å². The van der Waals surface area contributed by atoms with Gasteiger partial charge in [0.15, 0.2) is 5.03 Å². The third-order valence-electron chi connectivity index (χ3n) is 2.87. The van der Waals surface area contributed by atoms with E-state index in [2.05, 4.69) is 4.98 Å². The van der Waals surface area contributed by atoms with Crippen LogP contribution in [0.25, 0.3) is 0 Å². The van der Waals surface area contributed by atoms with E-state index in [1.807, 2.05) is 4.57 Å². The van der Waals surface area contributed by atoms with Crippen molar-refractivity contribution in [3.05, 3.63) is 12.5 Å². The monoisotopic (exact) mass is 229 g/mol. The van der Waals surface area contributed by atoms with Crippen LogP contribution >= 0.6 is 0 Å². The van der Waals surface area contributed by atoms with Crippen molar-refractivity contribution in [1.29, 1.82) is 0 Å². The molecule has 0 amide bonds. The van der Waals surface area contributed by atoms with Crippen LogP contribution in [0.1, 0.15) is 38.1 Å². The van der Waals surface area contributed by atoms with Crippen LogP contribution in [0, 0.1) is 0 Å². The minimum atomic E-state index is -3.65. The Hall–Kier alpha value is -0.880. The van der Waals surface area contributed by atoms with Gasteiger partial charge in [-0.25, -0.2) is 18.5 Å². The number of aromatic nitrogens is 2. The highest BCUT2D eigenvalue weighted by Gasteiger charge is 2.18. The largest absolute Gasteiger partial charge is 0.333 e. The van der Waals surface area contributed by atoms with Crippen molar-refractivity contribution < 1.29 is 8.42 Å². The van der Waals surface area contributed by atoms with Crippen LogP contribution in [0.5, 0.6) is 0 Å². The molecule has 0 aromatic carbocycles. The molecule has 5 nitrogen and oxygen atoms in total. The van der Waals surface area contributed by atoms with Gasteiger partial charge in [0.2, 0.25) is 0 Å². The quantitative estimate of drug-likeness (QED) is 0.822. The van der Waals surface area contributed by atoms with Crippen LogP contribution in [0.2, 0.25) is 0 Å². The summed E-state index contributed by atoms with van der Waals surface area (Å²) in [4.78, 5) is 3.81. The number of nitrogens with zero attached hydrogens (tertiary/aromatic N) is 2. The molecule has 2 N–H and O–H groups in total. The van der Waals surface area contributed by atoms with E-state index >= 15 is 0 Å². The molecule has 0 atom stereocenters. The number of primary sulfonamides is 1. The normalized spacial score (nSPS) is 19.3. The molecule has 1 aliphatic rings. The Kier molecular flexibility index (Phi) is 2.79. The zero-order valence-electron chi connectivity index (χ0n) is 8.46. The Morgan fingerprint density at radius 2 is 2.00 bits per heavy atom. The van der Waals surface area contributed by atoms with Gasteiger partial charge >= 0.3 is 0 Å². The third kappa shape index (κ3) is 2.38. The SMILES string of the molecule is NS(=O)(=O)c1cn(C2CCCCC2)cn1. The van der Waals surface area contributed by atoms with Gasteiger partial charge in [-0.3, -0.25) is 0 Å². The van der Waals surface area contributed by atoms with E-state index in [4.69, 9.17) is 5.14 Å². The predicted molar refractivity (Wildman–Crippen MR) is 55.7 cm³/mol. The second kappa shape index (κ2) is 3.94. The minimum Gasteiger partial charge on any atom is -0.333 e. The molecule has 1 heterocycles. The average molecular weight is 229 g/mol. The highest BCUT2D eigenvalue weighted by atomic mass is 32.2. The molecule has 84 valence electrons. The van der Waals surface area contributed by atoms with Gasteiger partial charge in [0.05, 0.1) is 6.33 Å². The summed E-state index contributed by atoms with van der Waals surface area (Å²) in [5, 5.41) is 4.96. The van der Waals surface area contributed by atoms with Crippen molar-refractivity contribution in [2.45, 2.75) is 43.2 Å². The van der Waals surface area contributed by atoms with Crippen molar-refractivity contribution >= 4 is 10.0 Å². The Morgan fingerprint density at radius 3 is 2.53 bits per heavy atom. The summed E-state index contributed by atoms with van der Waals surface area (Å²) >= 11 is 0. The fraction of sp³-hybridized carbons (Fsp3) is 0.667. The smallest absolute Gasteiger partial charge is 0.257 e. The lowest BCUT2D eigenvalue weighted by molar-refractivity contribution is 0.352. The van der Waals surface area contributed by atoms with Gasteiger partial charge in [0, 0.05) is 12.2 Å². The number of rotatable bonds is 2. The van der Waals surface area contributed by atoms with Crippen LogP contribution < -0.4 is 5.14 Å². The molecule has 0 saturated heterocycles. The van der Waals surface area contributed by atoms with E-state index in [1.54, 1.807) is 6.33 Å². The summed E-state index contributed by atoms with van der Waals surface area (Å²) in [5.74, 6) is 0. The van der Waals surface area contributed by atoms with Gasteiger partial charge in [-0.15, -0.1) is 0 Å². The van der Waals surface area contributed by atoms with Crippen molar-refractivity contribution in [3.63, 3.8) is 0 Å². The third-order valence-corrected chi connectivity index (χ3v) is 3.66. The molecule has 0 radical (unpaired) electrons. The van der Waals surface area contributed by atoms with E-state index < -0.39 is 10.0 Å². The Balaban J connectivity index is 2.19. The van der Waals surface area contributed by atoms with E-state index in [0.29, 0.717) is 6.04 Å². The second-order valence-corrected chi connectivity index (χ2v) is 5.50. The molecule has 1 aromatic heterocycles. The van der Waals surface area contributed by atoms with Gasteiger partial charge in [0.25, 0.3) is 10.0 Å². The number of sulfonamides is 1. The van der Waals surface area contributed by atoms with Gasteiger partial charge < -0.3 is 4.57 Å².